The van der Waals surface area contributed by atoms with Crippen LogP contribution in [0.25, 0.3) is 0 Å². The summed E-state index contributed by atoms with van der Waals surface area (Å²) in [4.78, 5) is 45.3. The molecule has 0 aliphatic heterocycles. The molecule has 0 radical (unpaired) electrons. The van der Waals surface area contributed by atoms with Crippen LogP contribution in [-0.4, -0.2) is 26.5 Å². The lowest BCUT2D eigenvalue weighted by atomic mass is 10.2. The minimum absolute atomic E-state index is 0.00654. The zero-order chi connectivity index (χ0) is 24.7. The van der Waals surface area contributed by atoms with Gasteiger partial charge in [-0.05, 0) is 31.0 Å². The van der Waals surface area contributed by atoms with E-state index in [4.69, 9.17) is 22.1 Å². The molecule has 11 nitrogen and oxygen atoms in total. The first kappa shape index (κ1) is 24.5. The molecule has 34 heavy (non-hydrogen) atoms. The molecule has 0 saturated heterocycles. The number of nitrogens with one attached hydrogen (secondary N) is 3. The predicted molar refractivity (Wildman–Crippen MR) is 127 cm³/mol. The Bertz CT molecular complexity index is 1250. The van der Waals surface area contributed by atoms with E-state index in [0.29, 0.717) is 17.2 Å². The van der Waals surface area contributed by atoms with E-state index in [1.54, 1.807) is 38.1 Å². The van der Waals surface area contributed by atoms with Crippen molar-refractivity contribution in [2.24, 2.45) is 0 Å². The Morgan fingerprint density at radius 1 is 1.12 bits per heavy atom. The minimum atomic E-state index is -0.821. The fourth-order valence-corrected chi connectivity index (χ4v) is 3.14. The molecule has 2 heterocycles. The summed E-state index contributed by atoms with van der Waals surface area (Å²) in [6, 6.07) is 12.5. The van der Waals surface area contributed by atoms with Crippen LogP contribution >= 0.6 is 11.6 Å². The van der Waals surface area contributed by atoms with Gasteiger partial charge in [-0.15, -0.1) is 0 Å². The molecule has 1 aromatic carbocycles. The Hall–Kier alpha value is -4.12. The zero-order valence-corrected chi connectivity index (χ0v) is 19.3. The molecular formula is C22H24ClN7O4. The number of hydrogen-bond acceptors (Lipinski definition) is 8. The van der Waals surface area contributed by atoms with Gasteiger partial charge in [-0.25, -0.2) is 20.2 Å². The van der Waals surface area contributed by atoms with E-state index in [-0.39, 0.29) is 30.7 Å². The molecule has 0 fully saturated rings. The summed E-state index contributed by atoms with van der Waals surface area (Å²) in [5.74, 6) is -0.303. The summed E-state index contributed by atoms with van der Waals surface area (Å²) in [6.45, 7) is 3.30. The second-order valence-corrected chi connectivity index (χ2v) is 7.66. The standard InChI is InChI=1S/C22H24ClN7O4/c1-13-16(8-9-17(24)26-13)10-25-18(31)11-30-14(2)19(23)27-20(21(30)32)28-29-22(33)34-12-15-6-4-3-5-7-15/h3-9H,10-12H2,1-2H3,(H2,24,26)(H,25,31)(H,27,28)(H,29,33). The Morgan fingerprint density at radius 2 is 1.85 bits per heavy atom. The molecular weight excluding hydrogens is 462 g/mol. The van der Waals surface area contributed by atoms with E-state index < -0.39 is 17.6 Å². The number of aromatic nitrogens is 3. The highest BCUT2D eigenvalue weighted by molar-refractivity contribution is 6.30. The van der Waals surface area contributed by atoms with Crippen LogP contribution in [0, 0.1) is 13.8 Å². The Kier molecular flexibility index (Phi) is 8.04. The predicted octanol–water partition coefficient (Wildman–Crippen LogP) is 2.06. The summed E-state index contributed by atoms with van der Waals surface area (Å²) in [6.07, 6.45) is -0.821. The normalized spacial score (nSPS) is 10.4. The molecule has 178 valence electrons. The van der Waals surface area contributed by atoms with Crippen LogP contribution < -0.4 is 27.5 Å². The van der Waals surface area contributed by atoms with Gasteiger partial charge in [0, 0.05) is 12.2 Å². The highest BCUT2D eigenvalue weighted by Gasteiger charge is 2.16. The van der Waals surface area contributed by atoms with Crippen molar-refractivity contribution in [3.63, 3.8) is 0 Å². The summed E-state index contributed by atoms with van der Waals surface area (Å²) < 4.78 is 6.22. The molecule has 0 aliphatic carbocycles. The maximum Gasteiger partial charge on any atom is 0.426 e. The second kappa shape index (κ2) is 11.1. The summed E-state index contributed by atoms with van der Waals surface area (Å²) in [5.41, 5.74) is 12.2. The monoisotopic (exact) mass is 485 g/mol. The third kappa shape index (κ3) is 6.45. The van der Waals surface area contributed by atoms with Gasteiger partial charge < -0.3 is 15.8 Å². The number of carbonyl (C=O) groups excluding carboxylic acids is 2. The molecule has 5 N–H and O–H groups in total. The average Bonchev–Trinajstić information content (AvgIpc) is 2.82. The smallest absolute Gasteiger partial charge is 0.426 e. The first-order valence-electron chi connectivity index (χ1n) is 10.2. The van der Waals surface area contributed by atoms with Gasteiger partial charge in [0.2, 0.25) is 11.7 Å². The van der Waals surface area contributed by atoms with Gasteiger partial charge in [0.25, 0.3) is 5.56 Å². The number of rotatable bonds is 8. The number of pyridine rings is 1. The van der Waals surface area contributed by atoms with Crippen LogP contribution in [0.4, 0.5) is 16.4 Å². The van der Waals surface area contributed by atoms with Crippen molar-refractivity contribution in [3.8, 4) is 0 Å². The average molecular weight is 486 g/mol. The molecule has 0 spiro atoms. The number of carbonyl (C=O) groups is 2. The third-order valence-corrected chi connectivity index (χ3v) is 5.21. The Balaban J connectivity index is 1.62. The van der Waals surface area contributed by atoms with E-state index in [1.807, 2.05) is 18.2 Å². The fraction of sp³-hybridized carbons (Fsp3) is 0.227. The van der Waals surface area contributed by atoms with Crippen LogP contribution in [0.15, 0.2) is 47.3 Å². The molecule has 0 bridgehead atoms. The number of nitrogens with two attached hydrogens (primary N) is 1. The van der Waals surface area contributed by atoms with Crippen molar-refractivity contribution in [2.45, 2.75) is 33.5 Å². The molecule has 0 atom stereocenters. The van der Waals surface area contributed by atoms with Crippen molar-refractivity contribution in [2.75, 3.05) is 11.2 Å². The molecule has 0 saturated carbocycles. The van der Waals surface area contributed by atoms with Gasteiger partial charge in [-0.1, -0.05) is 48.0 Å². The molecule has 2 aromatic heterocycles. The summed E-state index contributed by atoms with van der Waals surface area (Å²) in [5, 5.41) is 2.72. The number of amides is 2. The summed E-state index contributed by atoms with van der Waals surface area (Å²) in [7, 11) is 0. The fourth-order valence-electron chi connectivity index (χ4n) is 2.95. The minimum Gasteiger partial charge on any atom is -0.443 e. The maximum atomic E-state index is 12.8. The SMILES string of the molecule is Cc1nc(N)ccc1CNC(=O)Cn1c(C)c(Cl)nc(NNC(=O)OCc2ccccc2)c1=O. The molecule has 0 aliphatic rings. The number of ether oxygens (including phenoxy) is 1. The largest absolute Gasteiger partial charge is 0.443 e. The quantitative estimate of drug-likeness (QED) is 0.353. The molecule has 0 unspecified atom stereocenters. The topological polar surface area (TPSA) is 153 Å². The lowest BCUT2D eigenvalue weighted by Crippen LogP contribution is -2.38. The van der Waals surface area contributed by atoms with Gasteiger partial charge in [0.15, 0.2) is 5.15 Å². The molecule has 2 amide bonds. The number of halogens is 1. The van der Waals surface area contributed by atoms with Gasteiger partial charge in [0.05, 0.1) is 5.69 Å². The first-order chi connectivity index (χ1) is 16.2. The first-order valence-corrected chi connectivity index (χ1v) is 10.6. The third-order valence-electron chi connectivity index (χ3n) is 4.85. The van der Waals surface area contributed by atoms with Crippen molar-refractivity contribution in [1.82, 2.24) is 25.3 Å². The van der Waals surface area contributed by atoms with E-state index in [2.05, 4.69) is 26.1 Å². The number of anilines is 2. The molecule has 3 rings (SSSR count). The number of nitrogens with zero attached hydrogens (tertiary/aromatic N) is 3. The Morgan fingerprint density at radius 3 is 2.56 bits per heavy atom. The van der Waals surface area contributed by atoms with E-state index in [9.17, 15) is 14.4 Å². The van der Waals surface area contributed by atoms with Crippen LogP contribution in [0.1, 0.15) is 22.5 Å². The van der Waals surface area contributed by atoms with Gasteiger partial charge in [-0.3, -0.25) is 19.6 Å². The summed E-state index contributed by atoms with van der Waals surface area (Å²) >= 11 is 6.13. The van der Waals surface area contributed by atoms with E-state index >= 15 is 0 Å². The molecule has 12 heteroatoms. The lowest BCUT2D eigenvalue weighted by molar-refractivity contribution is -0.121. The van der Waals surface area contributed by atoms with Crippen molar-refractivity contribution in [3.05, 3.63) is 80.5 Å². The molecule has 3 aromatic rings. The van der Waals surface area contributed by atoms with Crippen LogP contribution in [0.5, 0.6) is 0 Å². The van der Waals surface area contributed by atoms with E-state index in [1.165, 1.54) is 0 Å². The number of hydrogen-bond donors (Lipinski definition) is 4. The number of nitrogen functional groups attached to an aromatic ring is 1. The second-order valence-electron chi connectivity index (χ2n) is 7.30. The number of hydrazine groups is 1. The van der Waals surface area contributed by atoms with Gasteiger partial charge in [0.1, 0.15) is 19.0 Å². The number of benzene rings is 1. The maximum absolute atomic E-state index is 12.8. The van der Waals surface area contributed by atoms with Crippen LogP contribution in [0.2, 0.25) is 5.15 Å². The van der Waals surface area contributed by atoms with Crippen molar-refractivity contribution >= 4 is 35.2 Å². The highest BCUT2D eigenvalue weighted by Crippen LogP contribution is 2.12. The van der Waals surface area contributed by atoms with Gasteiger partial charge >= 0.3 is 6.09 Å². The lowest BCUT2D eigenvalue weighted by Gasteiger charge is -2.14. The zero-order valence-electron chi connectivity index (χ0n) is 18.6. The van der Waals surface area contributed by atoms with Crippen molar-refractivity contribution < 1.29 is 14.3 Å². The van der Waals surface area contributed by atoms with Gasteiger partial charge in [-0.2, -0.15) is 0 Å². The van der Waals surface area contributed by atoms with Crippen LogP contribution in [0.3, 0.4) is 0 Å². The van der Waals surface area contributed by atoms with E-state index in [0.717, 1.165) is 15.7 Å². The highest BCUT2D eigenvalue weighted by atomic mass is 35.5. The number of aryl methyl sites for hydroxylation is 1. The Labute approximate surface area is 200 Å². The van der Waals surface area contributed by atoms with Crippen molar-refractivity contribution in [1.29, 1.82) is 0 Å². The van der Waals surface area contributed by atoms with Crippen LogP contribution in [-0.2, 0) is 29.2 Å².